The van der Waals surface area contributed by atoms with Gasteiger partial charge in [-0.15, -0.1) is 0 Å². The number of rotatable bonds is 4. The molecule has 2 rings (SSSR count). The summed E-state index contributed by atoms with van der Waals surface area (Å²) >= 11 is 0. The van der Waals surface area contributed by atoms with Crippen molar-refractivity contribution in [3.8, 4) is 0 Å². The van der Waals surface area contributed by atoms with Crippen LogP contribution in [0.2, 0.25) is 0 Å². The standard InChI is InChI=1S/C14H14O2.K/c15-14(16)10-4-8-12-7-3-6-11-5-1-2-9-13(11)12;/h1-3,5-7,9H,4,8,10H2,(H,15,16);/q;+1/p-1. The van der Waals surface area contributed by atoms with Crippen LogP contribution in [0, 0.1) is 0 Å². The van der Waals surface area contributed by atoms with Gasteiger partial charge in [0.15, 0.2) is 0 Å². The van der Waals surface area contributed by atoms with Crippen LogP contribution in [0.3, 0.4) is 0 Å². The Bertz CT molecular complexity index is 503. The van der Waals surface area contributed by atoms with Gasteiger partial charge in [-0.3, -0.25) is 0 Å². The third-order valence-corrected chi connectivity index (χ3v) is 2.71. The van der Waals surface area contributed by atoms with E-state index in [0.29, 0.717) is 6.42 Å². The molecule has 0 bridgehead atoms. The van der Waals surface area contributed by atoms with Crippen LogP contribution < -0.4 is 56.5 Å². The quantitative estimate of drug-likeness (QED) is 0.649. The second kappa shape index (κ2) is 7.29. The summed E-state index contributed by atoms with van der Waals surface area (Å²) in [5.41, 5.74) is 1.21. The largest absolute Gasteiger partial charge is 1.00 e. The van der Waals surface area contributed by atoms with Crippen molar-refractivity contribution >= 4 is 16.7 Å². The van der Waals surface area contributed by atoms with Gasteiger partial charge in [0.25, 0.3) is 0 Å². The zero-order valence-electron chi connectivity index (χ0n) is 9.98. The Hall–Kier alpha value is -0.194. The molecule has 0 aliphatic rings. The van der Waals surface area contributed by atoms with Crippen LogP contribution in [-0.4, -0.2) is 5.97 Å². The molecule has 0 aromatic heterocycles. The Morgan fingerprint density at radius 1 is 1.06 bits per heavy atom. The Labute approximate surface area is 143 Å². The fourth-order valence-corrected chi connectivity index (χ4v) is 1.93. The number of carboxylic acid groups (broad SMARTS) is 1. The first-order chi connectivity index (χ1) is 7.77. The summed E-state index contributed by atoms with van der Waals surface area (Å²) in [6, 6.07) is 14.3. The number of carbonyl (C=O) groups excluding carboxylic acids is 1. The minimum Gasteiger partial charge on any atom is -0.550 e. The van der Waals surface area contributed by atoms with E-state index in [1.165, 1.54) is 16.3 Å². The van der Waals surface area contributed by atoms with Crippen molar-refractivity contribution in [3.63, 3.8) is 0 Å². The Morgan fingerprint density at radius 3 is 2.53 bits per heavy atom. The Balaban J connectivity index is 0.00000144. The van der Waals surface area contributed by atoms with E-state index in [9.17, 15) is 9.90 Å². The number of carboxylic acids is 1. The SMILES string of the molecule is O=C([O-])CCCc1cccc2ccccc12.[K+]. The minimum atomic E-state index is -0.972. The van der Waals surface area contributed by atoms with Gasteiger partial charge in [0.1, 0.15) is 0 Å². The molecule has 2 nitrogen and oxygen atoms in total. The maximum absolute atomic E-state index is 10.3. The zero-order valence-corrected chi connectivity index (χ0v) is 13.1. The van der Waals surface area contributed by atoms with Crippen LogP contribution in [0.15, 0.2) is 42.5 Å². The first kappa shape index (κ1) is 14.9. The minimum absolute atomic E-state index is 0. The van der Waals surface area contributed by atoms with Crippen molar-refractivity contribution < 1.29 is 61.3 Å². The number of aryl methyl sites for hydroxylation is 1. The maximum atomic E-state index is 10.3. The number of aliphatic carboxylic acids is 1. The van der Waals surface area contributed by atoms with E-state index in [4.69, 9.17) is 0 Å². The Morgan fingerprint density at radius 2 is 1.76 bits per heavy atom. The normalized spacial score (nSPS) is 9.88. The molecule has 0 heterocycles. The second-order valence-electron chi connectivity index (χ2n) is 3.86. The fraction of sp³-hybridized carbons (Fsp3) is 0.214. The van der Waals surface area contributed by atoms with Gasteiger partial charge >= 0.3 is 51.4 Å². The van der Waals surface area contributed by atoms with E-state index in [-0.39, 0.29) is 57.8 Å². The Kier molecular flexibility index (Phi) is 6.37. The van der Waals surface area contributed by atoms with Crippen LogP contribution >= 0.6 is 0 Å². The summed E-state index contributed by atoms with van der Waals surface area (Å²) < 4.78 is 0. The van der Waals surface area contributed by atoms with Crippen LogP contribution in [0.5, 0.6) is 0 Å². The molecule has 0 N–H and O–H groups in total. The molecule has 3 heteroatoms. The average Bonchev–Trinajstić information content (AvgIpc) is 2.29. The molecule has 2 aromatic rings. The smallest absolute Gasteiger partial charge is 0.550 e. The molecule has 0 spiro atoms. The van der Waals surface area contributed by atoms with Crippen molar-refractivity contribution in [2.45, 2.75) is 19.3 Å². The molecule has 0 radical (unpaired) electrons. The van der Waals surface area contributed by atoms with Gasteiger partial charge in [-0.05, 0) is 35.6 Å². The van der Waals surface area contributed by atoms with Gasteiger partial charge in [-0.1, -0.05) is 42.5 Å². The maximum Gasteiger partial charge on any atom is 1.00 e. The first-order valence-electron chi connectivity index (χ1n) is 5.44. The van der Waals surface area contributed by atoms with Gasteiger partial charge in [-0.2, -0.15) is 0 Å². The predicted octanol–water partition coefficient (Wildman–Crippen LogP) is -1.08. The number of benzene rings is 2. The summed E-state index contributed by atoms with van der Waals surface area (Å²) in [6.07, 6.45) is 1.55. The van der Waals surface area contributed by atoms with Crippen LogP contribution in [-0.2, 0) is 11.2 Å². The molecule has 0 saturated heterocycles. The van der Waals surface area contributed by atoms with Crippen LogP contribution in [0.25, 0.3) is 10.8 Å². The van der Waals surface area contributed by atoms with Crippen LogP contribution in [0.1, 0.15) is 18.4 Å². The summed E-state index contributed by atoms with van der Waals surface area (Å²) in [6.45, 7) is 0. The van der Waals surface area contributed by atoms with Gasteiger partial charge < -0.3 is 9.90 Å². The monoisotopic (exact) mass is 252 g/mol. The van der Waals surface area contributed by atoms with Gasteiger partial charge in [0, 0.05) is 5.97 Å². The molecular formula is C14H13KO2. The fourth-order valence-electron chi connectivity index (χ4n) is 1.93. The predicted molar refractivity (Wildman–Crippen MR) is 61.9 cm³/mol. The number of carbonyl (C=O) groups is 1. The van der Waals surface area contributed by atoms with E-state index in [1.807, 2.05) is 18.2 Å². The van der Waals surface area contributed by atoms with Crippen molar-refractivity contribution in [2.75, 3.05) is 0 Å². The summed E-state index contributed by atoms with van der Waals surface area (Å²) in [5.74, 6) is -0.972. The van der Waals surface area contributed by atoms with E-state index >= 15 is 0 Å². The van der Waals surface area contributed by atoms with Gasteiger partial charge in [-0.25, -0.2) is 0 Å². The number of hydrogen-bond donors (Lipinski definition) is 0. The molecule has 0 saturated carbocycles. The van der Waals surface area contributed by atoms with Crippen molar-refractivity contribution in [3.05, 3.63) is 48.0 Å². The van der Waals surface area contributed by atoms with Crippen molar-refractivity contribution in [1.82, 2.24) is 0 Å². The molecule has 0 amide bonds. The second-order valence-corrected chi connectivity index (χ2v) is 3.86. The third kappa shape index (κ3) is 4.19. The molecule has 0 aliphatic heterocycles. The molecule has 0 atom stereocenters. The van der Waals surface area contributed by atoms with Crippen molar-refractivity contribution in [2.24, 2.45) is 0 Å². The molecule has 0 unspecified atom stereocenters. The number of hydrogen-bond acceptors (Lipinski definition) is 2. The van der Waals surface area contributed by atoms with Gasteiger partial charge in [0.05, 0.1) is 0 Å². The van der Waals surface area contributed by atoms with E-state index < -0.39 is 5.97 Å². The number of fused-ring (bicyclic) bond motifs is 1. The third-order valence-electron chi connectivity index (χ3n) is 2.71. The van der Waals surface area contributed by atoms with E-state index in [2.05, 4.69) is 24.3 Å². The molecule has 82 valence electrons. The topological polar surface area (TPSA) is 40.1 Å². The summed E-state index contributed by atoms with van der Waals surface area (Å²) in [4.78, 5) is 10.3. The van der Waals surface area contributed by atoms with Gasteiger partial charge in [0.2, 0.25) is 0 Å². The van der Waals surface area contributed by atoms with E-state index in [0.717, 1.165) is 6.42 Å². The van der Waals surface area contributed by atoms with Crippen LogP contribution in [0.4, 0.5) is 0 Å². The molecular weight excluding hydrogens is 239 g/mol. The zero-order chi connectivity index (χ0) is 11.4. The molecule has 0 fully saturated rings. The first-order valence-corrected chi connectivity index (χ1v) is 5.44. The molecule has 17 heavy (non-hydrogen) atoms. The van der Waals surface area contributed by atoms with Crippen molar-refractivity contribution in [1.29, 1.82) is 0 Å². The molecule has 2 aromatic carbocycles. The molecule has 0 aliphatic carbocycles. The summed E-state index contributed by atoms with van der Waals surface area (Å²) in [7, 11) is 0. The van der Waals surface area contributed by atoms with E-state index in [1.54, 1.807) is 0 Å². The average molecular weight is 252 g/mol. The summed E-state index contributed by atoms with van der Waals surface area (Å²) in [5, 5.41) is 12.8.